The third kappa shape index (κ3) is 13.2. The molecule has 1 aliphatic rings. The third-order valence-corrected chi connectivity index (χ3v) is 6.78. The summed E-state index contributed by atoms with van der Waals surface area (Å²) in [5, 5.41) is 9.50. The van der Waals surface area contributed by atoms with E-state index in [4.69, 9.17) is 4.74 Å². The first kappa shape index (κ1) is 28.0. The van der Waals surface area contributed by atoms with Crippen LogP contribution < -0.4 is 0 Å². The lowest BCUT2D eigenvalue weighted by Gasteiger charge is -2.29. The minimum atomic E-state index is -0.840. The largest absolute Gasteiger partial charge is 0.481 e. The highest BCUT2D eigenvalue weighted by atomic mass is 16.5. The Hall–Kier alpha value is -1.06. The lowest BCUT2D eigenvalue weighted by atomic mass is 9.79. The molecule has 182 valence electrons. The summed E-state index contributed by atoms with van der Waals surface area (Å²) in [5.74, 6) is -0.604. The van der Waals surface area contributed by atoms with Gasteiger partial charge in [-0.2, -0.15) is 0 Å². The van der Waals surface area contributed by atoms with E-state index >= 15 is 0 Å². The Morgan fingerprint density at radius 3 is 1.65 bits per heavy atom. The van der Waals surface area contributed by atoms with Gasteiger partial charge in [0.25, 0.3) is 0 Å². The lowest BCUT2D eigenvalue weighted by Crippen LogP contribution is -2.35. The number of esters is 1. The van der Waals surface area contributed by atoms with E-state index in [9.17, 15) is 14.7 Å². The van der Waals surface area contributed by atoms with Gasteiger partial charge in [0.15, 0.2) is 0 Å². The van der Waals surface area contributed by atoms with Gasteiger partial charge >= 0.3 is 11.9 Å². The maximum atomic E-state index is 12.8. The van der Waals surface area contributed by atoms with Gasteiger partial charge in [0.05, 0.1) is 11.8 Å². The topological polar surface area (TPSA) is 63.6 Å². The van der Waals surface area contributed by atoms with Gasteiger partial charge in [-0.05, 0) is 50.4 Å². The van der Waals surface area contributed by atoms with Crippen LogP contribution in [0.4, 0.5) is 0 Å². The highest BCUT2D eigenvalue weighted by Crippen LogP contribution is 2.32. The molecule has 0 aliphatic heterocycles. The summed E-state index contributed by atoms with van der Waals surface area (Å²) in [6.07, 6.45) is 17.2. The van der Waals surface area contributed by atoms with Gasteiger partial charge in [-0.15, -0.1) is 0 Å². The van der Waals surface area contributed by atoms with E-state index in [0.29, 0.717) is 18.8 Å². The van der Waals surface area contributed by atoms with E-state index in [1.165, 1.54) is 51.4 Å². The maximum Gasteiger partial charge on any atom is 0.310 e. The Morgan fingerprint density at radius 2 is 1.13 bits per heavy atom. The SMILES string of the molecule is CC(C)CCCCCCCCC(CCCCC(C)C)OC(=O)C1CCCCC1C(=O)O. The molecule has 31 heavy (non-hydrogen) atoms. The fourth-order valence-electron chi connectivity index (χ4n) is 4.78. The van der Waals surface area contributed by atoms with E-state index in [-0.39, 0.29) is 12.1 Å². The zero-order valence-electron chi connectivity index (χ0n) is 20.9. The number of hydrogen-bond donors (Lipinski definition) is 1. The number of unbranched alkanes of at least 4 members (excludes halogenated alkanes) is 6. The molecule has 4 nitrogen and oxygen atoms in total. The van der Waals surface area contributed by atoms with Gasteiger partial charge in [0, 0.05) is 0 Å². The molecule has 0 radical (unpaired) electrons. The first-order chi connectivity index (χ1) is 14.8. The molecule has 1 fully saturated rings. The van der Waals surface area contributed by atoms with Crippen molar-refractivity contribution in [3.05, 3.63) is 0 Å². The Kier molecular flexibility index (Phi) is 14.9. The molecule has 1 saturated carbocycles. The van der Waals surface area contributed by atoms with Crippen LogP contribution >= 0.6 is 0 Å². The molecule has 1 N–H and O–H groups in total. The Morgan fingerprint density at radius 1 is 0.710 bits per heavy atom. The summed E-state index contributed by atoms with van der Waals surface area (Å²) in [7, 11) is 0. The van der Waals surface area contributed by atoms with Gasteiger partial charge in [0.1, 0.15) is 6.10 Å². The molecule has 0 aromatic carbocycles. The van der Waals surface area contributed by atoms with E-state index in [1.54, 1.807) is 0 Å². The zero-order chi connectivity index (χ0) is 23.1. The molecule has 0 amide bonds. The van der Waals surface area contributed by atoms with Crippen LogP contribution in [0.1, 0.15) is 130 Å². The number of carboxylic acid groups (broad SMARTS) is 1. The van der Waals surface area contributed by atoms with Crippen LogP contribution in [-0.2, 0) is 14.3 Å². The number of carbonyl (C=O) groups excluding carboxylic acids is 1. The van der Waals surface area contributed by atoms with Crippen molar-refractivity contribution in [1.29, 1.82) is 0 Å². The summed E-state index contributed by atoms with van der Waals surface area (Å²) in [4.78, 5) is 24.4. The first-order valence-corrected chi connectivity index (χ1v) is 13.2. The molecular weight excluding hydrogens is 388 g/mol. The molecule has 0 heterocycles. The second-order valence-corrected chi connectivity index (χ2v) is 10.7. The molecule has 4 heteroatoms. The van der Waals surface area contributed by atoms with Gasteiger partial charge in [-0.3, -0.25) is 9.59 Å². The molecule has 0 bridgehead atoms. The standard InChI is InChI=1S/C27H50O4/c1-21(2)15-9-7-5-6-8-10-17-23(18-12-11-16-22(3)4)31-27(30)25-20-14-13-19-24(25)26(28)29/h21-25H,5-20H2,1-4H3,(H,28,29). The highest BCUT2D eigenvalue weighted by molar-refractivity contribution is 5.81. The molecule has 0 aromatic heterocycles. The molecule has 3 atom stereocenters. The average molecular weight is 439 g/mol. The van der Waals surface area contributed by atoms with Crippen molar-refractivity contribution in [3.8, 4) is 0 Å². The summed E-state index contributed by atoms with van der Waals surface area (Å²) in [5.41, 5.74) is 0. The van der Waals surface area contributed by atoms with Crippen LogP contribution in [0.3, 0.4) is 0 Å². The van der Waals surface area contributed by atoms with Crippen LogP contribution in [0.15, 0.2) is 0 Å². The number of carbonyl (C=O) groups is 2. The average Bonchev–Trinajstić information content (AvgIpc) is 2.72. The van der Waals surface area contributed by atoms with Crippen molar-refractivity contribution in [2.24, 2.45) is 23.7 Å². The maximum absolute atomic E-state index is 12.8. The predicted molar refractivity (Wildman–Crippen MR) is 128 cm³/mol. The fourth-order valence-corrected chi connectivity index (χ4v) is 4.78. The van der Waals surface area contributed by atoms with Crippen LogP contribution in [0.25, 0.3) is 0 Å². The molecule has 1 aliphatic carbocycles. The third-order valence-electron chi connectivity index (χ3n) is 6.78. The van der Waals surface area contributed by atoms with Gasteiger partial charge in [-0.1, -0.05) is 91.9 Å². The number of carboxylic acids is 1. The Balaban J connectivity index is 2.43. The molecule has 0 spiro atoms. The monoisotopic (exact) mass is 438 g/mol. The van der Waals surface area contributed by atoms with E-state index < -0.39 is 17.8 Å². The smallest absolute Gasteiger partial charge is 0.310 e. The summed E-state index contributed by atoms with van der Waals surface area (Å²) < 4.78 is 5.95. The first-order valence-electron chi connectivity index (χ1n) is 13.2. The van der Waals surface area contributed by atoms with Crippen LogP contribution in [0, 0.1) is 23.7 Å². The van der Waals surface area contributed by atoms with Gasteiger partial charge in [-0.25, -0.2) is 0 Å². The highest BCUT2D eigenvalue weighted by Gasteiger charge is 2.37. The van der Waals surface area contributed by atoms with Gasteiger partial charge in [0.2, 0.25) is 0 Å². The van der Waals surface area contributed by atoms with E-state index in [0.717, 1.165) is 44.4 Å². The van der Waals surface area contributed by atoms with Crippen molar-refractivity contribution >= 4 is 11.9 Å². The second-order valence-electron chi connectivity index (χ2n) is 10.7. The van der Waals surface area contributed by atoms with Crippen LogP contribution in [-0.4, -0.2) is 23.1 Å². The van der Waals surface area contributed by atoms with E-state index in [1.807, 2.05) is 0 Å². The number of aliphatic carboxylic acids is 1. The fraction of sp³-hybridized carbons (Fsp3) is 0.926. The van der Waals surface area contributed by atoms with Crippen molar-refractivity contribution in [3.63, 3.8) is 0 Å². The van der Waals surface area contributed by atoms with Crippen molar-refractivity contribution < 1.29 is 19.4 Å². The number of ether oxygens (including phenoxy) is 1. The second kappa shape index (κ2) is 16.6. The quantitative estimate of drug-likeness (QED) is 0.186. The zero-order valence-corrected chi connectivity index (χ0v) is 20.9. The summed E-state index contributed by atoms with van der Waals surface area (Å²) in [6, 6.07) is 0. The molecule has 0 saturated heterocycles. The van der Waals surface area contributed by atoms with Gasteiger partial charge < -0.3 is 9.84 Å². The Bertz CT molecular complexity index is 486. The van der Waals surface area contributed by atoms with Crippen LogP contribution in [0.5, 0.6) is 0 Å². The molecule has 3 unspecified atom stereocenters. The molecular formula is C27H50O4. The molecule has 1 rings (SSSR count). The minimum Gasteiger partial charge on any atom is -0.481 e. The molecule has 0 aromatic rings. The Labute approximate surface area is 191 Å². The number of hydrogen-bond acceptors (Lipinski definition) is 3. The predicted octanol–water partition coefficient (Wildman–Crippen LogP) is 7.78. The van der Waals surface area contributed by atoms with Crippen molar-refractivity contribution in [2.45, 2.75) is 137 Å². The normalized spacial score (nSPS) is 20.2. The van der Waals surface area contributed by atoms with Crippen molar-refractivity contribution in [1.82, 2.24) is 0 Å². The van der Waals surface area contributed by atoms with E-state index in [2.05, 4.69) is 27.7 Å². The summed E-state index contributed by atoms with van der Waals surface area (Å²) in [6.45, 7) is 9.06. The number of rotatable bonds is 17. The lowest BCUT2D eigenvalue weighted by molar-refractivity contribution is -0.164. The van der Waals surface area contributed by atoms with Crippen molar-refractivity contribution in [2.75, 3.05) is 0 Å². The summed E-state index contributed by atoms with van der Waals surface area (Å²) >= 11 is 0. The minimum absolute atomic E-state index is 0.0445. The van der Waals surface area contributed by atoms with Crippen LogP contribution in [0.2, 0.25) is 0 Å².